The largest absolute Gasteiger partial charge is 0.461 e. The first-order valence-corrected chi connectivity index (χ1v) is 3.93. The van der Waals surface area contributed by atoms with E-state index < -0.39 is 0 Å². The van der Waals surface area contributed by atoms with E-state index in [4.69, 9.17) is 4.42 Å². The van der Waals surface area contributed by atoms with Crippen molar-refractivity contribution in [2.24, 2.45) is 0 Å². The highest BCUT2D eigenvalue weighted by atomic mass is 127. The Morgan fingerprint density at radius 3 is 3.20 bits per heavy atom. The van der Waals surface area contributed by atoms with Crippen LogP contribution in [0, 0.1) is 3.57 Å². The van der Waals surface area contributed by atoms with E-state index in [2.05, 4.69) is 27.6 Å². The molecule has 0 unspecified atom stereocenters. The highest BCUT2D eigenvalue weighted by Gasteiger charge is 2.00. The topological polar surface area (TPSA) is 26.0 Å². The first kappa shape index (κ1) is 6.15. The molecule has 0 radical (unpaired) electrons. The molecule has 2 aromatic heterocycles. The number of furan rings is 1. The van der Waals surface area contributed by atoms with Crippen molar-refractivity contribution in [3.63, 3.8) is 0 Å². The second kappa shape index (κ2) is 2.23. The summed E-state index contributed by atoms with van der Waals surface area (Å²) in [6.07, 6.45) is 3.47. The Morgan fingerprint density at radius 2 is 2.40 bits per heavy atom. The third kappa shape index (κ3) is 0.811. The van der Waals surface area contributed by atoms with Gasteiger partial charge in [-0.25, -0.2) is 0 Å². The average Bonchev–Trinajstić information content (AvgIpc) is 2.34. The van der Waals surface area contributed by atoms with Crippen molar-refractivity contribution < 1.29 is 4.42 Å². The molecule has 2 aromatic rings. The summed E-state index contributed by atoms with van der Waals surface area (Å²) in [4.78, 5) is 4.14. The molecular weight excluding hydrogens is 241 g/mol. The molecule has 3 heteroatoms. The number of hydrogen-bond donors (Lipinski definition) is 0. The number of hydrogen-bond acceptors (Lipinski definition) is 2. The van der Waals surface area contributed by atoms with Gasteiger partial charge in [0.25, 0.3) is 0 Å². The summed E-state index contributed by atoms with van der Waals surface area (Å²) in [5, 5.41) is 0. The second-order valence-corrected chi connectivity index (χ2v) is 3.10. The zero-order chi connectivity index (χ0) is 6.97. The molecule has 0 saturated carbocycles. The third-order valence-corrected chi connectivity index (χ3v) is 2.05. The summed E-state index contributed by atoms with van der Waals surface area (Å²) in [7, 11) is 0. The normalized spacial score (nSPS) is 10.5. The van der Waals surface area contributed by atoms with Crippen LogP contribution in [0.1, 0.15) is 0 Å². The molecule has 50 valence electrons. The molecule has 0 atom stereocenters. The quantitative estimate of drug-likeness (QED) is 0.666. The molecule has 2 rings (SSSR count). The first-order chi connectivity index (χ1) is 4.88. The van der Waals surface area contributed by atoms with Gasteiger partial charge in [-0.1, -0.05) is 0 Å². The smallest absolute Gasteiger partial charge is 0.153 e. The molecule has 0 aromatic carbocycles. The van der Waals surface area contributed by atoms with E-state index in [1.54, 1.807) is 12.5 Å². The molecule has 0 fully saturated rings. The fraction of sp³-hybridized carbons (Fsp3) is 0. The molecule has 0 aliphatic carbocycles. The predicted octanol–water partition coefficient (Wildman–Crippen LogP) is 2.43. The molecule has 0 amide bonds. The van der Waals surface area contributed by atoms with E-state index in [1.807, 2.05) is 12.1 Å². The number of fused-ring (bicyclic) bond motifs is 1. The molecule has 10 heavy (non-hydrogen) atoms. The van der Waals surface area contributed by atoms with Crippen molar-refractivity contribution in [3.05, 3.63) is 28.2 Å². The Hall–Kier alpha value is -0.580. The summed E-state index contributed by atoms with van der Waals surface area (Å²) < 4.78 is 6.24. The standard InChI is InChI=1S/C7H4INO/c8-5-4-10-6-2-1-3-9-7(5)6/h1-4H. The maximum atomic E-state index is 5.18. The van der Waals surface area contributed by atoms with Crippen LogP contribution in [0.5, 0.6) is 0 Å². The number of aromatic nitrogens is 1. The van der Waals surface area contributed by atoms with Crippen molar-refractivity contribution >= 4 is 33.7 Å². The Balaban J connectivity index is 2.93. The molecule has 0 bridgehead atoms. The Bertz CT molecular complexity index is 355. The highest BCUT2D eigenvalue weighted by molar-refractivity contribution is 14.1. The maximum absolute atomic E-state index is 5.18. The van der Waals surface area contributed by atoms with E-state index >= 15 is 0 Å². The fourth-order valence-corrected chi connectivity index (χ4v) is 1.37. The van der Waals surface area contributed by atoms with Crippen LogP contribution in [0.25, 0.3) is 11.1 Å². The minimum absolute atomic E-state index is 0.854. The van der Waals surface area contributed by atoms with Gasteiger partial charge < -0.3 is 4.42 Å². The highest BCUT2D eigenvalue weighted by Crippen LogP contribution is 2.18. The molecule has 2 heterocycles. The summed E-state index contributed by atoms with van der Waals surface area (Å²) in [5.74, 6) is 0. The molecule has 0 N–H and O–H groups in total. The summed E-state index contributed by atoms with van der Waals surface area (Å²) >= 11 is 2.20. The van der Waals surface area contributed by atoms with Gasteiger partial charge in [0.2, 0.25) is 0 Å². The van der Waals surface area contributed by atoms with Crippen molar-refractivity contribution in [3.8, 4) is 0 Å². The van der Waals surface area contributed by atoms with E-state index in [-0.39, 0.29) is 0 Å². The van der Waals surface area contributed by atoms with Crippen molar-refractivity contribution in [2.45, 2.75) is 0 Å². The number of pyridine rings is 1. The average molecular weight is 245 g/mol. The van der Waals surface area contributed by atoms with E-state index in [9.17, 15) is 0 Å². The van der Waals surface area contributed by atoms with Crippen LogP contribution in [0.3, 0.4) is 0 Å². The van der Waals surface area contributed by atoms with Gasteiger partial charge in [-0.2, -0.15) is 0 Å². The van der Waals surface area contributed by atoms with Crippen LogP contribution in [-0.4, -0.2) is 4.98 Å². The van der Waals surface area contributed by atoms with Crippen LogP contribution in [0.15, 0.2) is 29.0 Å². The summed E-state index contributed by atoms with van der Waals surface area (Å²) in [6, 6.07) is 3.77. The van der Waals surface area contributed by atoms with Gasteiger partial charge in [0.15, 0.2) is 5.58 Å². The lowest BCUT2D eigenvalue weighted by atomic mass is 10.4. The summed E-state index contributed by atoms with van der Waals surface area (Å²) in [6.45, 7) is 0. The van der Waals surface area contributed by atoms with Gasteiger partial charge in [0, 0.05) is 6.20 Å². The van der Waals surface area contributed by atoms with E-state index in [0.717, 1.165) is 14.7 Å². The maximum Gasteiger partial charge on any atom is 0.153 e. The van der Waals surface area contributed by atoms with Crippen molar-refractivity contribution in [2.75, 3.05) is 0 Å². The Morgan fingerprint density at radius 1 is 1.50 bits per heavy atom. The van der Waals surface area contributed by atoms with Crippen molar-refractivity contribution in [1.29, 1.82) is 0 Å². The monoisotopic (exact) mass is 245 g/mol. The molecule has 0 aliphatic rings. The lowest BCUT2D eigenvalue weighted by Crippen LogP contribution is -1.71. The van der Waals surface area contributed by atoms with Gasteiger partial charge in [0.1, 0.15) is 11.8 Å². The number of nitrogens with zero attached hydrogens (tertiary/aromatic N) is 1. The Kier molecular flexibility index (Phi) is 1.37. The van der Waals surface area contributed by atoms with Crippen LogP contribution in [0.2, 0.25) is 0 Å². The summed E-state index contributed by atoms with van der Waals surface area (Å²) in [5.41, 5.74) is 1.80. The first-order valence-electron chi connectivity index (χ1n) is 2.85. The zero-order valence-electron chi connectivity index (χ0n) is 5.04. The van der Waals surface area contributed by atoms with E-state index in [1.165, 1.54) is 0 Å². The van der Waals surface area contributed by atoms with Gasteiger partial charge in [-0.15, -0.1) is 0 Å². The molecule has 0 aliphatic heterocycles. The van der Waals surface area contributed by atoms with E-state index in [0.29, 0.717) is 0 Å². The molecule has 2 nitrogen and oxygen atoms in total. The van der Waals surface area contributed by atoms with Gasteiger partial charge in [0.05, 0.1) is 3.57 Å². The molecular formula is C7H4INO. The minimum atomic E-state index is 0.854. The SMILES string of the molecule is Ic1coc2cccnc12. The minimum Gasteiger partial charge on any atom is -0.461 e. The molecule has 0 spiro atoms. The van der Waals surface area contributed by atoms with Crippen LogP contribution in [0.4, 0.5) is 0 Å². The number of halogens is 1. The van der Waals surface area contributed by atoms with Gasteiger partial charge >= 0.3 is 0 Å². The lowest BCUT2D eigenvalue weighted by molar-refractivity contribution is 0.613. The van der Waals surface area contributed by atoms with Crippen molar-refractivity contribution in [1.82, 2.24) is 4.98 Å². The Labute approximate surface area is 71.4 Å². The van der Waals surface area contributed by atoms with Crippen LogP contribution in [-0.2, 0) is 0 Å². The lowest BCUT2D eigenvalue weighted by Gasteiger charge is -1.83. The van der Waals surface area contributed by atoms with Gasteiger partial charge in [-0.3, -0.25) is 4.98 Å². The van der Waals surface area contributed by atoms with Crippen LogP contribution >= 0.6 is 22.6 Å². The third-order valence-electron chi connectivity index (χ3n) is 1.29. The molecule has 0 saturated heterocycles. The predicted molar refractivity (Wildman–Crippen MR) is 46.7 cm³/mol. The number of rotatable bonds is 0. The second-order valence-electron chi connectivity index (χ2n) is 1.93. The zero-order valence-corrected chi connectivity index (χ0v) is 7.20. The fourth-order valence-electron chi connectivity index (χ4n) is 0.836. The van der Waals surface area contributed by atoms with Crippen LogP contribution < -0.4 is 0 Å². The van der Waals surface area contributed by atoms with Gasteiger partial charge in [-0.05, 0) is 34.7 Å².